The third-order valence-electron chi connectivity index (χ3n) is 1.53. The fraction of sp³-hybridized carbons (Fsp3) is 0.750. The van der Waals surface area contributed by atoms with Gasteiger partial charge >= 0.3 is 0 Å². The zero-order chi connectivity index (χ0) is 8.15. The van der Waals surface area contributed by atoms with Crippen molar-refractivity contribution >= 4 is 15.9 Å². The van der Waals surface area contributed by atoms with Crippen molar-refractivity contribution in [2.24, 2.45) is 5.92 Å². The third kappa shape index (κ3) is 4.07. The minimum Gasteiger partial charge on any atom is -0.393 e. The molecule has 0 saturated carbocycles. The van der Waals surface area contributed by atoms with Crippen LogP contribution in [-0.4, -0.2) is 11.2 Å². The van der Waals surface area contributed by atoms with Gasteiger partial charge in [0, 0.05) is 5.92 Å². The van der Waals surface area contributed by atoms with Crippen LogP contribution >= 0.6 is 15.9 Å². The lowest BCUT2D eigenvalue weighted by molar-refractivity contribution is 0.147. The largest absolute Gasteiger partial charge is 0.393 e. The van der Waals surface area contributed by atoms with Crippen LogP contribution in [0.15, 0.2) is 10.6 Å². The molecule has 0 saturated heterocycles. The summed E-state index contributed by atoms with van der Waals surface area (Å²) in [5, 5.41) is 9.20. The van der Waals surface area contributed by atoms with Crippen molar-refractivity contribution < 1.29 is 5.11 Å². The summed E-state index contributed by atoms with van der Waals surface area (Å²) in [5.74, 6) is 0.291. The van der Waals surface area contributed by atoms with Gasteiger partial charge in [-0.3, -0.25) is 0 Å². The molecule has 1 N–H and O–H groups in total. The fourth-order valence-corrected chi connectivity index (χ4v) is 1.23. The van der Waals surface area contributed by atoms with Crippen LogP contribution < -0.4 is 0 Å². The van der Waals surface area contributed by atoms with E-state index in [0.29, 0.717) is 5.92 Å². The molecular formula is C8H15BrO. The summed E-state index contributed by atoms with van der Waals surface area (Å²) in [6, 6.07) is 0. The maximum Gasteiger partial charge on any atom is 0.0574 e. The maximum absolute atomic E-state index is 9.20. The van der Waals surface area contributed by atoms with Gasteiger partial charge in [-0.1, -0.05) is 28.9 Å². The summed E-state index contributed by atoms with van der Waals surface area (Å²) in [7, 11) is 0. The standard InChI is InChI=1S/C8H15BrO/c1-4-8(7(3)10)5-6(2)9/h5,7-8,10H,4H2,1-3H3/t7-,8?/m1/s1. The summed E-state index contributed by atoms with van der Waals surface area (Å²) < 4.78 is 1.10. The molecule has 0 aliphatic carbocycles. The van der Waals surface area contributed by atoms with E-state index < -0.39 is 0 Å². The van der Waals surface area contributed by atoms with Gasteiger partial charge < -0.3 is 5.11 Å². The van der Waals surface area contributed by atoms with E-state index in [2.05, 4.69) is 22.9 Å². The Morgan fingerprint density at radius 1 is 1.70 bits per heavy atom. The topological polar surface area (TPSA) is 20.2 Å². The molecule has 0 bridgehead atoms. The Hall–Kier alpha value is 0.180. The second-order valence-corrected chi connectivity index (χ2v) is 3.82. The van der Waals surface area contributed by atoms with Crippen LogP contribution in [0.4, 0.5) is 0 Å². The highest BCUT2D eigenvalue weighted by Gasteiger charge is 2.08. The minimum absolute atomic E-state index is 0.238. The molecule has 1 nitrogen and oxygen atoms in total. The smallest absolute Gasteiger partial charge is 0.0574 e. The second kappa shape index (κ2) is 4.91. The first-order valence-electron chi connectivity index (χ1n) is 3.60. The Bertz CT molecular complexity index is 114. The molecule has 0 fully saturated rings. The monoisotopic (exact) mass is 206 g/mol. The van der Waals surface area contributed by atoms with Gasteiger partial charge in [-0.2, -0.15) is 0 Å². The first-order valence-corrected chi connectivity index (χ1v) is 4.39. The first-order chi connectivity index (χ1) is 4.57. The molecule has 0 aliphatic heterocycles. The molecule has 2 atom stereocenters. The number of hydrogen-bond donors (Lipinski definition) is 1. The van der Waals surface area contributed by atoms with E-state index in [1.54, 1.807) is 0 Å². The minimum atomic E-state index is -0.238. The van der Waals surface area contributed by atoms with Gasteiger partial charge in [0.2, 0.25) is 0 Å². The van der Waals surface area contributed by atoms with Crippen LogP contribution in [0.2, 0.25) is 0 Å². The molecule has 0 aromatic heterocycles. The molecule has 0 amide bonds. The van der Waals surface area contributed by atoms with E-state index in [9.17, 15) is 5.11 Å². The molecule has 60 valence electrons. The van der Waals surface area contributed by atoms with Crippen molar-refractivity contribution in [2.75, 3.05) is 0 Å². The summed E-state index contributed by atoms with van der Waals surface area (Å²) in [5.41, 5.74) is 0. The molecule has 0 aromatic rings. The van der Waals surface area contributed by atoms with E-state index in [-0.39, 0.29) is 6.10 Å². The Labute approximate surface area is 71.3 Å². The van der Waals surface area contributed by atoms with Crippen LogP contribution in [0.3, 0.4) is 0 Å². The van der Waals surface area contributed by atoms with Crippen LogP contribution in [0.25, 0.3) is 0 Å². The van der Waals surface area contributed by atoms with Gasteiger partial charge in [-0.25, -0.2) is 0 Å². The highest BCUT2D eigenvalue weighted by atomic mass is 79.9. The summed E-state index contributed by atoms with van der Waals surface area (Å²) in [6.45, 7) is 5.87. The Morgan fingerprint density at radius 2 is 2.20 bits per heavy atom. The summed E-state index contributed by atoms with van der Waals surface area (Å²) in [6.07, 6.45) is 2.79. The van der Waals surface area contributed by atoms with Crippen LogP contribution in [-0.2, 0) is 0 Å². The molecule has 0 spiro atoms. The molecule has 0 aliphatic rings. The molecule has 2 heteroatoms. The lowest BCUT2D eigenvalue weighted by Crippen LogP contribution is -2.13. The number of halogens is 1. The van der Waals surface area contributed by atoms with Gasteiger partial charge in [0.05, 0.1) is 6.10 Å². The molecule has 0 radical (unpaired) electrons. The predicted molar refractivity (Wildman–Crippen MR) is 48.1 cm³/mol. The van der Waals surface area contributed by atoms with Crippen molar-refractivity contribution in [3.63, 3.8) is 0 Å². The van der Waals surface area contributed by atoms with E-state index >= 15 is 0 Å². The van der Waals surface area contributed by atoms with Crippen molar-refractivity contribution in [3.05, 3.63) is 10.6 Å². The normalized spacial score (nSPS) is 18.7. The van der Waals surface area contributed by atoms with Crippen molar-refractivity contribution in [1.29, 1.82) is 0 Å². The number of allylic oxidation sites excluding steroid dienone is 1. The van der Waals surface area contributed by atoms with Gasteiger partial charge in [-0.15, -0.1) is 0 Å². The Kier molecular flexibility index (Phi) is 5.00. The first kappa shape index (κ1) is 10.2. The van der Waals surface area contributed by atoms with Crippen molar-refractivity contribution in [3.8, 4) is 0 Å². The fourth-order valence-electron chi connectivity index (χ4n) is 0.893. The molecule has 10 heavy (non-hydrogen) atoms. The molecule has 0 aromatic carbocycles. The average molecular weight is 207 g/mol. The lowest BCUT2D eigenvalue weighted by atomic mass is 10.0. The van der Waals surface area contributed by atoms with Crippen LogP contribution in [0.1, 0.15) is 27.2 Å². The zero-order valence-corrected chi connectivity index (χ0v) is 8.35. The molecule has 0 heterocycles. The van der Waals surface area contributed by atoms with Crippen LogP contribution in [0, 0.1) is 5.92 Å². The van der Waals surface area contributed by atoms with Gasteiger partial charge in [-0.05, 0) is 24.8 Å². The zero-order valence-electron chi connectivity index (χ0n) is 6.76. The van der Waals surface area contributed by atoms with Gasteiger partial charge in [0.15, 0.2) is 0 Å². The van der Waals surface area contributed by atoms with Gasteiger partial charge in [0.25, 0.3) is 0 Å². The Morgan fingerprint density at radius 3 is 2.30 bits per heavy atom. The SMILES string of the molecule is CCC(C=C(C)Br)[C@@H](C)O. The van der Waals surface area contributed by atoms with Crippen molar-refractivity contribution in [1.82, 2.24) is 0 Å². The summed E-state index contributed by atoms with van der Waals surface area (Å²) >= 11 is 3.33. The predicted octanol–water partition coefficient (Wildman–Crippen LogP) is 2.69. The number of rotatable bonds is 3. The lowest BCUT2D eigenvalue weighted by Gasteiger charge is -2.13. The number of hydrogen-bond acceptors (Lipinski definition) is 1. The van der Waals surface area contributed by atoms with Gasteiger partial charge in [0.1, 0.15) is 0 Å². The molecular weight excluding hydrogens is 192 g/mol. The third-order valence-corrected chi connectivity index (χ3v) is 1.80. The van der Waals surface area contributed by atoms with E-state index in [1.807, 2.05) is 19.9 Å². The Balaban J connectivity index is 3.96. The number of aliphatic hydroxyl groups excluding tert-OH is 1. The second-order valence-electron chi connectivity index (χ2n) is 2.57. The summed E-state index contributed by atoms with van der Waals surface area (Å²) in [4.78, 5) is 0. The highest BCUT2D eigenvalue weighted by Crippen LogP contribution is 2.15. The number of aliphatic hydroxyl groups is 1. The van der Waals surface area contributed by atoms with E-state index in [1.165, 1.54) is 0 Å². The maximum atomic E-state index is 9.20. The molecule has 0 rings (SSSR count). The highest BCUT2D eigenvalue weighted by molar-refractivity contribution is 9.11. The van der Waals surface area contributed by atoms with Crippen molar-refractivity contribution in [2.45, 2.75) is 33.3 Å². The van der Waals surface area contributed by atoms with E-state index in [4.69, 9.17) is 0 Å². The molecule has 1 unspecified atom stereocenters. The average Bonchev–Trinajstić information content (AvgIpc) is 1.81. The van der Waals surface area contributed by atoms with E-state index in [0.717, 1.165) is 10.9 Å². The quantitative estimate of drug-likeness (QED) is 0.754. The van der Waals surface area contributed by atoms with Crippen LogP contribution in [0.5, 0.6) is 0 Å².